The van der Waals surface area contributed by atoms with E-state index < -0.39 is 5.97 Å². The highest BCUT2D eigenvalue weighted by Crippen LogP contribution is 2.23. The van der Waals surface area contributed by atoms with Crippen LogP contribution in [0.5, 0.6) is 5.75 Å². The molecule has 0 bridgehead atoms. The summed E-state index contributed by atoms with van der Waals surface area (Å²) < 4.78 is 10.5. The molecule has 0 aliphatic rings. The monoisotopic (exact) mass is 406 g/mol. The first-order chi connectivity index (χ1) is 12.8. The Kier molecular flexibility index (Phi) is 7.45. The van der Waals surface area contributed by atoms with Gasteiger partial charge in [0, 0.05) is 0 Å². The summed E-state index contributed by atoms with van der Waals surface area (Å²) in [5.41, 5.74) is 3.33. The SMILES string of the molecule is COC(=O)c1ccc(Cl)c(NC(=S)N[C@@H](C)COc2ccc(C)c(C)c2)c1. The molecule has 2 aromatic rings. The van der Waals surface area contributed by atoms with Gasteiger partial charge in [-0.15, -0.1) is 0 Å². The van der Waals surface area contributed by atoms with Gasteiger partial charge in [-0.2, -0.15) is 0 Å². The number of thiocarbonyl (C=S) groups is 1. The molecule has 0 aliphatic heterocycles. The summed E-state index contributed by atoms with van der Waals surface area (Å²) in [7, 11) is 1.33. The summed E-state index contributed by atoms with van der Waals surface area (Å²) in [6.45, 7) is 6.52. The van der Waals surface area contributed by atoms with Crippen LogP contribution in [0, 0.1) is 13.8 Å². The van der Waals surface area contributed by atoms with E-state index in [0.29, 0.717) is 28.0 Å². The molecule has 0 aromatic heterocycles. The molecule has 7 heteroatoms. The fourth-order valence-electron chi connectivity index (χ4n) is 2.31. The first-order valence-corrected chi connectivity index (χ1v) is 9.24. The van der Waals surface area contributed by atoms with Gasteiger partial charge in [-0.1, -0.05) is 17.7 Å². The zero-order valence-electron chi connectivity index (χ0n) is 15.8. The van der Waals surface area contributed by atoms with Crippen molar-refractivity contribution in [2.24, 2.45) is 0 Å². The van der Waals surface area contributed by atoms with Crippen LogP contribution in [0.15, 0.2) is 36.4 Å². The molecule has 2 N–H and O–H groups in total. The van der Waals surface area contributed by atoms with Gasteiger partial charge in [0.25, 0.3) is 0 Å². The number of nitrogens with one attached hydrogen (secondary N) is 2. The Hall–Kier alpha value is -2.31. The van der Waals surface area contributed by atoms with Crippen molar-refractivity contribution < 1.29 is 14.3 Å². The van der Waals surface area contributed by atoms with Gasteiger partial charge in [-0.25, -0.2) is 4.79 Å². The summed E-state index contributed by atoms with van der Waals surface area (Å²) in [5.74, 6) is 0.378. The maximum absolute atomic E-state index is 11.6. The second-order valence-corrected chi connectivity index (χ2v) is 7.06. The topological polar surface area (TPSA) is 59.6 Å². The lowest BCUT2D eigenvalue weighted by atomic mass is 10.1. The molecule has 0 spiro atoms. The fraction of sp³-hybridized carbons (Fsp3) is 0.300. The summed E-state index contributed by atoms with van der Waals surface area (Å²) in [6, 6.07) is 10.8. The van der Waals surface area contributed by atoms with Gasteiger partial charge >= 0.3 is 5.97 Å². The van der Waals surface area contributed by atoms with Crippen LogP contribution in [0.1, 0.15) is 28.4 Å². The molecule has 144 valence electrons. The van der Waals surface area contributed by atoms with E-state index >= 15 is 0 Å². The Bertz CT molecular complexity index is 842. The minimum Gasteiger partial charge on any atom is -0.491 e. The van der Waals surface area contributed by atoms with Crippen molar-refractivity contribution in [2.75, 3.05) is 19.0 Å². The average molecular weight is 407 g/mol. The van der Waals surface area contributed by atoms with Crippen LogP contribution >= 0.6 is 23.8 Å². The number of ether oxygens (including phenoxy) is 2. The molecule has 2 aromatic carbocycles. The number of anilines is 1. The lowest BCUT2D eigenvalue weighted by Gasteiger charge is -2.18. The predicted molar refractivity (Wildman–Crippen MR) is 113 cm³/mol. The first-order valence-electron chi connectivity index (χ1n) is 8.45. The van der Waals surface area contributed by atoms with E-state index in [1.54, 1.807) is 18.2 Å². The number of benzene rings is 2. The minimum atomic E-state index is -0.441. The van der Waals surface area contributed by atoms with Gasteiger partial charge in [0.15, 0.2) is 5.11 Å². The molecule has 0 unspecified atom stereocenters. The molecular weight excluding hydrogens is 384 g/mol. The van der Waals surface area contributed by atoms with E-state index in [9.17, 15) is 4.79 Å². The van der Waals surface area contributed by atoms with Crippen molar-refractivity contribution in [3.05, 3.63) is 58.1 Å². The number of esters is 1. The molecule has 0 heterocycles. The van der Waals surface area contributed by atoms with Crippen LogP contribution in [0.3, 0.4) is 0 Å². The van der Waals surface area contributed by atoms with E-state index in [1.807, 2.05) is 25.1 Å². The van der Waals surface area contributed by atoms with Crippen molar-refractivity contribution >= 4 is 40.6 Å². The zero-order chi connectivity index (χ0) is 20.0. The third-order valence-corrected chi connectivity index (χ3v) is 4.54. The van der Waals surface area contributed by atoms with Gasteiger partial charge in [0.2, 0.25) is 0 Å². The van der Waals surface area contributed by atoms with Crippen molar-refractivity contribution in [3.63, 3.8) is 0 Å². The lowest BCUT2D eigenvalue weighted by molar-refractivity contribution is 0.0601. The quantitative estimate of drug-likeness (QED) is 0.544. The third kappa shape index (κ3) is 6.12. The van der Waals surface area contributed by atoms with Crippen LogP contribution in [0.25, 0.3) is 0 Å². The van der Waals surface area contributed by atoms with Gasteiger partial charge in [-0.05, 0) is 74.4 Å². The Morgan fingerprint density at radius 1 is 1.19 bits per heavy atom. The van der Waals surface area contributed by atoms with E-state index in [4.69, 9.17) is 33.3 Å². The van der Waals surface area contributed by atoms with Gasteiger partial charge < -0.3 is 20.1 Å². The highest BCUT2D eigenvalue weighted by Gasteiger charge is 2.11. The second kappa shape index (κ2) is 9.58. The van der Waals surface area contributed by atoms with Gasteiger partial charge in [0.05, 0.1) is 29.4 Å². The van der Waals surface area contributed by atoms with Crippen LogP contribution in [0.2, 0.25) is 5.02 Å². The average Bonchev–Trinajstić information content (AvgIpc) is 2.63. The Morgan fingerprint density at radius 2 is 1.93 bits per heavy atom. The van der Waals surface area contributed by atoms with E-state index in [2.05, 4.69) is 24.5 Å². The lowest BCUT2D eigenvalue weighted by Crippen LogP contribution is -2.39. The maximum atomic E-state index is 11.6. The predicted octanol–water partition coefficient (Wildman–Crippen LogP) is 4.50. The standard InChI is InChI=1S/C20H23ClN2O3S/c1-12-5-7-16(9-13(12)2)26-11-14(3)22-20(27)23-18-10-15(19(24)25-4)6-8-17(18)21/h5-10,14H,11H2,1-4H3,(H2,22,23,27)/t14-/m0/s1. The van der Waals surface area contributed by atoms with Gasteiger partial charge in [0.1, 0.15) is 12.4 Å². The second-order valence-electron chi connectivity index (χ2n) is 6.24. The van der Waals surface area contributed by atoms with E-state index in [1.165, 1.54) is 18.2 Å². The highest BCUT2D eigenvalue weighted by molar-refractivity contribution is 7.80. The number of carbonyl (C=O) groups excluding carboxylic acids is 1. The third-order valence-electron chi connectivity index (χ3n) is 3.99. The Morgan fingerprint density at radius 3 is 2.59 bits per heavy atom. The van der Waals surface area contributed by atoms with Crippen LogP contribution in [-0.2, 0) is 4.74 Å². The van der Waals surface area contributed by atoms with Crippen LogP contribution in [0.4, 0.5) is 5.69 Å². The molecule has 0 aliphatic carbocycles. The van der Waals surface area contributed by atoms with Crippen molar-refractivity contribution in [1.82, 2.24) is 5.32 Å². The number of halogens is 1. The fourth-order valence-corrected chi connectivity index (χ4v) is 2.79. The smallest absolute Gasteiger partial charge is 0.337 e. The molecule has 5 nitrogen and oxygen atoms in total. The Labute approximate surface area is 170 Å². The van der Waals surface area contributed by atoms with E-state index in [0.717, 1.165) is 5.75 Å². The summed E-state index contributed by atoms with van der Waals surface area (Å²) in [4.78, 5) is 11.6. The molecule has 0 fully saturated rings. The van der Waals surface area contributed by atoms with Crippen molar-refractivity contribution in [3.8, 4) is 5.75 Å². The Balaban J connectivity index is 1.91. The minimum absolute atomic E-state index is 0.0332. The van der Waals surface area contributed by atoms with Crippen LogP contribution in [-0.4, -0.2) is 30.8 Å². The number of rotatable bonds is 6. The summed E-state index contributed by atoms with van der Waals surface area (Å²) >= 11 is 11.5. The molecule has 0 saturated heterocycles. The number of hydrogen-bond donors (Lipinski definition) is 2. The normalized spacial score (nSPS) is 11.4. The first kappa shape index (κ1) is 21.0. The zero-order valence-corrected chi connectivity index (χ0v) is 17.3. The highest BCUT2D eigenvalue weighted by atomic mass is 35.5. The number of carbonyl (C=O) groups is 1. The number of hydrogen-bond acceptors (Lipinski definition) is 4. The molecule has 2 rings (SSSR count). The number of methoxy groups -OCH3 is 1. The number of aryl methyl sites for hydroxylation is 2. The maximum Gasteiger partial charge on any atom is 0.337 e. The summed E-state index contributed by atoms with van der Waals surface area (Å²) in [5, 5.41) is 6.97. The molecule has 1 atom stereocenters. The van der Waals surface area contributed by atoms with E-state index in [-0.39, 0.29) is 6.04 Å². The van der Waals surface area contributed by atoms with Gasteiger partial charge in [-0.3, -0.25) is 0 Å². The molecule has 0 radical (unpaired) electrons. The summed E-state index contributed by atoms with van der Waals surface area (Å²) in [6.07, 6.45) is 0. The van der Waals surface area contributed by atoms with Crippen molar-refractivity contribution in [2.45, 2.75) is 26.8 Å². The molecule has 0 amide bonds. The molecular formula is C20H23ClN2O3S. The molecule has 0 saturated carbocycles. The molecule has 27 heavy (non-hydrogen) atoms. The van der Waals surface area contributed by atoms with Crippen LogP contribution < -0.4 is 15.4 Å². The van der Waals surface area contributed by atoms with Crippen molar-refractivity contribution in [1.29, 1.82) is 0 Å². The largest absolute Gasteiger partial charge is 0.491 e.